The van der Waals surface area contributed by atoms with E-state index in [1.807, 2.05) is 0 Å². The van der Waals surface area contributed by atoms with Crippen LogP contribution in [0.25, 0.3) is 0 Å². The molecule has 3 N–H and O–H groups in total. The summed E-state index contributed by atoms with van der Waals surface area (Å²) in [7, 11) is 0. The first-order valence-electron chi connectivity index (χ1n) is 3.78. The van der Waals surface area contributed by atoms with Crippen LogP contribution in [0.5, 0.6) is 5.75 Å². The summed E-state index contributed by atoms with van der Waals surface area (Å²) < 4.78 is 0. The molecule has 1 aromatic rings. The molecule has 13 heavy (non-hydrogen) atoms. The third-order valence-electron chi connectivity index (χ3n) is 1.32. The van der Waals surface area contributed by atoms with E-state index in [2.05, 4.69) is 16.8 Å². The zero-order chi connectivity index (χ0) is 9.68. The van der Waals surface area contributed by atoms with Crippen LogP contribution in [0.3, 0.4) is 0 Å². The molecule has 1 aromatic heterocycles. The summed E-state index contributed by atoms with van der Waals surface area (Å²) in [6.07, 6.45) is 0.577. The van der Waals surface area contributed by atoms with E-state index < -0.39 is 0 Å². The Kier molecular flexibility index (Phi) is 3.56. The Morgan fingerprint density at radius 3 is 3.00 bits per heavy atom. The molecule has 0 aromatic carbocycles. The average Bonchev–Trinajstić information content (AvgIpc) is 2.11. The van der Waals surface area contributed by atoms with Crippen molar-refractivity contribution in [2.45, 2.75) is 6.42 Å². The second kappa shape index (κ2) is 4.70. The van der Waals surface area contributed by atoms with Gasteiger partial charge in [0.2, 0.25) is 0 Å². The summed E-state index contributed by atoms with van der Waals surface area (Å²) in [6, 6.07) is 2.97. The summed E-state index contributed by atoms with van der Waals surface area (Å²) >= 11 is 5.61. The first kappa shape index (κ1) is 9.85. The number of nitrogens with zero attached hydrogens (tertiary/aromatic N) is 1. The average molecular weight is 197 g/mol. The van der Waals surface area contributed by atoms with Crippen LogP contribution in [-0.2, 0) is 0 Å². The van der Waals surface area contributed by atoms with Gasteiger partial charge in [0.25, 0.3) is 0 Å². The molecule has 0 atom stereocenters. The quantitative estimate of drug-likeness (QED) is 0.523. The van der Waals surface area contributed by atoms with Crippen LogP contribution in [0.15, 0.2) is 12.1 Å². The summed E-state index contributed by atoms with van der Waals surface area (Å²) in [5.74, 6) is 5.48. The Labute approximate surface area is 81.5 Å². The van der Waals surface area contributed by atoms with Gasteiger partial charge >= 0.3 is 0 Å². The number of nitrogens with two attached hydrogens (primary N) is 1. The van der Waals surface area contributed by atoms with Gasteiger partial charge < -0.3 is 10.8 Å². The smallest absolute Gasteiger partial charge is 0.156 e. The number of halogens is 1. The molecule has 0 aliphatic heterocycles. The van der Waals surface area contributed by atoms with E-state index in [0.29, 0.717) is 23.8 Å². The van der Waals surface area contributed by atoms with Crippen molar-refractivity contribution in [1.82, 2.24) is 4.98 Å². The molecule has 0 spiro atoms. The van der Waals surface area contributed by atoms with Crippen LogP contribution in [0, 0.1) is 11.8 Å². The van der Waals surface area contributed by atoms with Crippen LogP contribution in [-0.4, -0.2) is 16.6 Å². The lowest BCUT2D eigenvalue weighted by atomic mass is 10.3. The maximum absolute atomic E-state index is 9.28. The van der Waals surface area contributed by atoms with E-state index in [4.69, 9.17) is 17.3 Å². The predicted octanol–water partition coefficient (Wildman–Crippen LogP) is 1.14. The summed E-state index contributed by atoms with van der Waals surface area (Å²) in [6.45, 7) is 0.494. The minimum atomic E-state index is 0.0360. The highest BCUT2D eigenvalue weighted by atomic mass is 35.5. The fourth-order valence-electron chi connectivity index (χ4n) is 0.738. The molecule has 1 heterocycles. The monoisotopic (exact) mass is 196 g/mol. The van der Waals surface area contributed by atoms with E-state index in [-0.39, 0.29) is 5.75 Å². The molecular formula is C9H9ClN2O. The Morgan fingerprint density at radius 1 is 1.54 bits per heavy atom. The molecule has 0 aliphatic carbocycles. The van der Waals surface area contributed by atoms with E-state index in [1.165, 1.54) is 12.1 Å². The van der Waals surface area contributed by atoms with Crippen LogP contribution >= 0.6 is 11.6 Å². The topological polar surface area (TPSA) is 59.1 Å². The number of hydrogen-bond acceptors (Lipinski definition) is 3. The van der Waals surface area contributed by atoms with Crippen LogP contribution in [0.1, 0.15) is 12.1 Å². The Morgan fingerprint density at radius 2 is 2.31 bits per heavy atom. The van der Waals surface area contributed by atoms with Crippen LogP contribution in [0.2, 0.25) is 5.15 Å². The third-order valence-corrected chi connectivity index (χ3v) is 1.53. The van der Waals surface area contributed by atoms with Crippen molar-refractivity contribution in [2.24, 2.45) is 5.73 Å². The summed E-state index contributed by atoms with van der Waals surface area (Å²) in [5, 5.41) is 9.59. The van der Waals surface area contributed by atoms with Crippen LogP contribution < -0.4 is 5.73 Å². The van der Waals surface area contributed by atoms with Crippen molar-refractivity contribution < 1.29 is 5.11 Å². The van der Waals surface area contributed by atoms with Gasteiger partial charge in [-0.15, -0.1) is 0 Å². The van der Waals surface area contributed by atoms with Gasteiger partial charge in [-0.05, 0) is 18.1 Å². The van der Waals surface area contributed by atoms with Gasteiger partial charge in [0.1, 0.15) is 10.9 Å². The van der Waals surface area contributed by atoms with Crippen molar-refractivity contribution in [3.05, 3.63) is 23.0 Å². The van der Waals surface area contributed by atoms with Crippen LogP contribution in [0.4, 0.5) is 0 Å². The molecular weight excluding hydrogens is 188 g/mol. The fourth-order valence-corrected chi connectivity index (χ4v) is 0.886. The van der Waals surface area contributed by atoms with Crippen molar-refractivity contribution in [3.63, 3.8) is 0 Å². The molecule has 0 saturated heterocycles. The maximum atomic E-state index is 9.28. The first-order chi connectivity index (χ1) is 6.24. The highest BCUT2D eigenvalue weighted by Crippen LogP contribution is 2.15. The largest absolute Gasteiger partial charge is 0.505 e. The van der Waals surface area contributed by atoms with Gasteiger partial charge in [0.15, 0.2) is 5.69 Å². The lowest BCUT2D eigenvalue weighted by Gasteiger charge is -1.95. The van der Waals surface area contributed by atoms with E-state index >= 15 is 0 Å². The van der Waals surface area contributed by atoms with Crippen molar-refractivity contribution in [2.75, 3.05) is 6.54 Å². The minimum absolute atomic E-state index is 0.0360. The molecule has 0 amide bonds. The molecule has 0 bridgehead atoms. The lowest BCUT2D eigenvalue weighted by molar-refractivity contribution is 0.471. The number of hydrogen-bond donors (Lipinski definition) is 2. The number of aromatic nitrogens is 1. The molecule has 0 unspecified atom stereocenters. The molecule has 4 heteroatoms. The van der Waals surface area contributed by atoms with Gasteiger partial charge in [-0.2, -0.15) is 0 Å². The number of aromatic hydroxyl groups is 1. The van der Waals surface area contributed by atoms with Crippen molar-refractivity contribution >= 4 is 11.6 Å². The standard InChI is InChI=1S/C9H9ClN2O/c10-9-5-4-8(13)7(12-9)3-1-2-6-11/h4-5,13H,2,6,11H2. The van der Waals surface area contributed by atoms with Crippen molar-refractivity contribution in [3.8, 4) is 17.6 Å². The molecule has 0 aliphatic rings. The Bertz CT molecular complexity index is 354. The number of rotatable bonds is 1. The second-order valence-corrected chi connectivity index (χ2v) is 2.73. The molecule has 3 nitrogen and oxygen atoms in total. The predicted molar refractivity (Wildman–Crippen MR) is 51.5 cm³/mol. The van der Waals surface area contributed by atoms with E-state index in [0.717, 1.165) is 0 Å². The van der Waals surface area contributed by atoms with Gasteiger partial charge in [-0.25, -0.2) is 4.98 Å². The zero-order valence-electron chi connectivity index (χ0n) is 6.92. The molecule has 1 rings (SSSR count). The van der Waals surface area contributed by atoms with E-state index in [1.54, 1.807) is 0 Å². The fraction of sp³-hybridized carbons (Fsp3) is 0.222. The van der Waals surface area contributed by atoms with Gasteiger partial charge in [-0.3, -0.25) is 0 Å². The molecule has 68 valence electrons. The molecule has 0 fully saturated rings. The molecule has 0 saturated carbocycles. The van der Waals surface area contributed by atoms with Gasteiger partial charge in [-0.1, -0.05) is 17.5 Å². The van der Waals surface area contributed by atoms with E-state index in [9.17, 15) is 5.11 Å². The molecule has 0 radical (unpaired) electrons. The Hall–Kier alpha value is -1.24. The number of pyridine rings is 1. The Balaban J connectivity index is 2.89. The normalized spacial score (nSPS) is 9.08. The van der Waals surface area contributed by atoms with Crippen molar-refractivity contribution in [1.29, 1.82) is 0 Å². The SMILES string of the molecule is NCCC#Cc1nc(Cl)ccc1O. The highest BCUT2D eigenvalue weighted by Gasteiger charge is 1.98. The second-order valence-electron chi connectivity index (χ2n) is 2.34. The highest BCUT2D eigenvalue weighted by molar-refractivity contribution is 6.29. The lowest BCUT2D eigenvalue weighted by Crippen LogP contribution is -1.95. The summed E-state index contributed by atoms with van der Waals surface area (Å²) in [4.78, 5) is 3.85. The minimum Gasteiger partial charge on any atom is -0.505 e. The first-order valence-corrected chi connectivity index (χ1v) is 4.16. The van der Waals surface area contributed by atoms with Gasteiger partial charge in [0, 0.05) is 13.0 Å². The summed E-state index contributed by atoms with van der Waals surface area (Å²) in [5.41, 5.74) is 5.54. The zero-order valence-corrected chi connectivity index (χ0v) is 7.67. The third kappa shape index (κ3) is 2.94. The maximum Gasteiger partial charge on any atom is 0.156 e. The van der Waals surface area contributed by atoms with Gasteiger partial charge in [0.05, 0.1) is 0 Å².